The maximum atomic E-state index is 12.3. The van der Waals surface area contributed by atoms with Gasteiger partial charge in [0.05, 0.1) is 42.7 Å². The molecule has 3 unspecified atom stereocenters. The highest BCUT2D eigenvalue weighted by atomic mass is 16.8. The second kappa shape index (κ2) is 14.8. The summed E-state index contributed by atoms with van der Waals surface area (Å²) in [6, 6.07) is 0. The van der Waals surface area contributed by atoms with Gasteiger partial charge >= 0.3 is 0 Å². The van der Waals surface area contributed by atoms with Crippen molar-refractivity contribution in [2.24, 2.45) is 45.3 Å². The second-order valence-electron chi connectivity index (χ2n) is 21.1. The van der Waals surface area contributed by atoms with Crippen LogP contribution in [0.3, 0.4) is 0 Å². The van der Waals surface area contributed by atoms with E-state index in [0.717, 1.165) is 44.9 Å². The van der Waals surface area contributed by atoms with Gasteiger partial charge in [-0.2, -0.15) is 0 Å². The Morgan fingerprint density at radius 1 is 0.643 bits per heavy atom. The Hall–Kier alpha value is -0.560. The lowest BCUT2D eigenvalue weighted by molar-refractivity contribution is -0.378. The average molecular weight is 801 g/mol. The van der Waals surface area contributed by atoms with Crippen molar-refractivity contribution >= 4 is 0 Å². The van der Waals surface area contributed by atoms with E-state index >= 15 is 0 Å². The molecule has 0 spiro atoms. The summed E-state index contributed by atoms with van der Waals surface area (Å²) >= 11 is 0. The summed E-state index contributed by atoms with van der Waals surface area (Å²) in [5.41, 5.74) is -2.03. The Balaban J connectivity index is 1.11. The molecule has 0 aromatic carbocycles. The molecule has 0 radical (unpaired) electrons. The molecule has 3 aliphatic heterocycles. The summed E-state index contributed by atoms with van der Waals surface area (Å²) in [4.78, 5) is 0. The lowest BCUT2D eigenvalue weighted by Gasteiger charge is -2.70. The zero-order valence-corrected chi connectivity index (χ0v) is 34.7. The van der Waals surface area contributed by atoms with Crippen LogP contribution in [0.1, 0.15) is 113 Å². The molecule has 7 fully saturated rings. The Bertz CT molecular complexity index is 1410. The molecule has 21 atom stereocenters. The van der Waals surface area contributed by atoms with Gasteiger partial charge in [-0.1, -0.05) is 34.6 Å². The Morgan fingerprint density at radius 2 is 1.25 bits per heavy atom. The van der Waals surface area contributed by atoms with Crippen molar-refractivity contribution in [3.63, 3.8) is 0 Å². The van der Waals surface area contributed by atoms with Crippen LogP contribution in [-0.2, 0) is 23.7 Å². The highest BCUT2D eigenvalue weighted by Crippen LogP contribution is 2.76. The van der Waals surface area contributed by atoms with Crippen LogP contribution < -0.4 is 0 Å². The third kappa shape index (κ3) is 6.58. The first-order valence-electron chi connectivity index (χ1n) is 21.3. The van der Waals surface area contributed by atoms with Crippen molar-refractivity contribution in [3.8, 4) is 0 Å². The summed E-state index contributed by atoms with van der Waals surface area (Å²) in [6.07, 6.45) is -8.45. The number of rotatable bonds is 8. The van der Waals surface area contributed by atoms with Crippen molar-refractivity contribution in [1.82, 2.24) is 0 Å². The summed E-state index contributed by atoms with van der Waals surface area (Å²) in [5.74, 6) is 0.725. The lowest BCUT2D eigenvalue weighted by atomic mass is 9.35. The molecule has 3 saturated heterocycles. The van der Waals surface area contributed by atoms with Gasteiger partial charge in [0.1, 0.15) is 48.8 Å². The predicted octanol–water partition coefficient (Wildman–Crippen LogP) is 1.36. The average Bonchev–Trinajstić information content (AvgIpc) is 3.73. The van der Waals surface area contributed by atoms with Crippen LogP contribution in [0, 0.1) is 45.3 Å². The van der Waals surface area contributed by atoms with Gasteiger partial charge < -0.3 is 69.6 Å². The van der Waals surface area contributed by atoms with E-state index in [-0.39, 0.29) is 46.0 Å². The summed E-state index contributed by atoms with van der Waals surface area (Å²) in [5, 5.41) is 96.5. The Labute approximate surface area is 331 Å². The topological polar surface area (TPSA) is 228 Å². The molecule has 0 amide bonds. The van der Waals surface area contributed by atoms with E-state index in [2.05, 4.69) is 41.5 Å². The van der Waals surface area contributed by atoms with Gasteiger partial charge in [-0.25, -0.2) is 0 Å². The van der Waals surface area contributed by atoms with Crippen LogP contribution in [0.5, 0.6) is 0 Å². The number of aliphatic hydroxyl groups is 9. The molecule has 7 aliphatic rings. The van der Waals surface area contributed by atoms with E-state index in [4.69, 9.17) is 23.7 Å². The van der Waals surface area contributed by atoms with Crippen molar-refractivity contribution in [2.45, 2.75) is 204 Å². The number of hydrogen-bond donors (Lipinski definition) is 9. The zero-order valence-electron chi connectivity index (χ0n) is 34.7. The minimum Gasteiger partial charge on any atom is -0.394 e. The molecule has 324 valence electrons. The molecule has 3 heterocycles. The first-order valence-corrected chi connectivity index (χ1v) is 21.3. The van der Waals surface area contributed by atoms with Crippen molar-refractivity contribution in [2.75, 3.05) is 13.2 Å². The number of hydrogen-bond acceptors (Lipinski definition) is 14. The fraction of sp³-hybridized carbons (Fsp3) is 1.00. The van der Waals surface area contributed by atoms with E-state index < -0.39 is 103 Å². The molecule has 14 nitrogen and oxygen atoms in total. The molecule has 9 N–H and O–H groups in total. The SMILES string of the molecule is CC(C)(O)[C@@H]1CC[C@@](C)([C@H]2CC[C@]3(C)C2C(O)C[C@@H]2[C@@]4(C)CC[C@H](O[C@@H]5O[C@H](CO)[C@@H](O)[C@H](O)[C@H]5O[C@@H]5O[C@H](CO)[C@@H](O)[C@H](O)[C@H]5O)C(C)(C)C4CC[C@]23C)O1. The van der Waals surface area contributed by atoms with Gasteiger partial charge in [-0.3, -0.25) is 0 Å². The molecule has 0 aromatic heterocycles. The molecule has 14 heteroatoms. The van der Waals surface area contributed by atoms with Gasteiger partial charge in [0.25, 0.3) is 0 Å². The van der Waals surface area contributed by atoms with E-state index in [1.807, 2.05) is 13.8 Å². The monoisotopic (exact) mass is 800 g/mol. The van der Waals surface area contributed by atoms with Crippen LogP contribution in [0.25, 0.3) is 0 Å². The predicted molar refractivity (Wildman–Crippen MR) is 200 cm³/mol. The highest BCUT2D eigenvalue weighted by molar-refractivity contribution is 5.20. The van der Waals surface area contributed by atoms with Crippen LogP contribution in [0.2, 0.25) is 0 Å². The third-order valence-electron chi connectivity index (χ3n) is 17.5. The van der Waals surface area contributed by atoms with Crippen LogP contribution >= 0.6 is 0 Å². The molecule has 56 heavy (non-hydrogen) atoms. The third-order valence-corrected chi connectivity index (χ3v) is 17.5. The van der Waals surface area contributed by atoms with Gasteiger partial charge in [0, 0.05) is 0 Å². The fourth-order valence-corrected chi connectivity index (χ4v) is 14.1. The molecule has 4 saturated carbocycles. The zero-order chi connectivity index (χ0) is 41.1. The maximum absolute atomic E-state index is 12.3. The van der Waals surface area contributed by atoms with Gasteiger partial charge in [0.15, 0.2) is 12.6 Å². The minimum absolute atomic E-state index is 0.0311. The smallest absolute Gasteiger partial charge is 0.187 e. The van der Waals surface area contributed by atoms with E-state index in [1.54, 1.807) is 0 Å². The summed E-state index contributed by atoms with van der Waals surface area (Å²) in [6.45, 7) is 16.3. The standard InChI is InChI=1S/C42H72O14/c1-37(2)24-10-15-40(6)25(17-21(45)28-20(9-14-41(28,40)7)42(8)16-12-27(56-42)38(3,4)51)39(24,5)13-11-26(37)54-36-34(32(49)30(47)23(19-44)53-36)55-35-33(50)31(48)29(46)22(18-43)52-35/h20-36,43-51H,9-19H2,1-8H3/t20-,21?,22+,23+,24?,25+,26-,27-,28?,29+,30+,31-,32-,33+,34+,35-,36-,39-,40+,41+,42-/m0/s1. The number of aliphatic hydroxyl groups excluding tert-OH is 8. The van der Waals surface area contributed by atoms with Crippen LogP contribution in [0.15, 0.2) is 0 Å². The van der Waals surface area contributed by atoms with Gasteiger partial charge in [-0.15, -0.1) is 0 Å². The minimum atomic E-state index is -1.75. The largest absolute Gasteiger partial charge is 0.394 e. The Morgan fingerprint density at radius 3 is 1.86 bits per heavy atom. The van der Waals surface area contributed by atoms with Crippen molar-refractivity contribution in [1.29, 1.82) is 0 Å². The molecule has 7 rings (SSSR count). The molecular formula is C42H72O14. The fourth-order valence-electron chi connectivity index (χ4n) is 14.1. The van der Waals surface area contributed by atoms with Crippen LogP contribution in [-0.4, -0.2) is 150 Å². The molecule has 4 aliphatic carbocycles. The summed E-state index contributed by atoms with van der Waals surface area (Å²) < 4.78 is 31.1. The van der Waals surface area contributed by atoms with E-state index in [9.17, 15) is 46.0 Å². The lowest BCUT2D eigenvalue weighted by Crippen LogP contribution is -2.68. The van der Waals surface area contributed by atoms with Crippen molar-refractivity contribution < 1.29 is 69.6 Å². The van der Waals surface area contributed by atoms with Crippen LogP contribution in [0.4, 0.5) is 0 Å². The maximum Gasteiger partial charge on any atom is 0.187 e. The molecular weight excluding hydrogens is 728 g/mol. The normalized spacial score (nSPS) is 56.0. The van der Waals surface area contributed by atoms with Gasteiger partial charge in [0.2, 0.25) is 0 Å². The second-order valence-corrected chi connectivity index (χ2v) is 21.1. The number of ether oxygens (including phenoxy) is 5. The quantitative estimate of drug-likeness (QED) is 0.158. The van der Waals surface area contributed by atoms with Gasteiger partial charge in [-0.05, 0) is 124 Å². The Kier molecular flexibility index (Phi) is 11.5. The van der Waals surface area contributed by atoms with E-state index in [0.29, 0.717) is 12.8 Å². The first-order chi connectivity index (χ1) is 26.0. The highest BCUT2D eigenvalue weighted by Gasteiger charge is 2.72. The summed E-state index contributed by atoms with van der Waals surface area (Å²) in [7, 11) is 0. The molecule has 0 aromatic rings. The van der Waals surface area contributed by atoms with Crippen molar-refractivity contribution in [3.05, 3.63) is 0 Å². The number of fused-ring (bicyclic) bond motifs is 5. The van der Waals surface area contributed by atoms with E-state index in [1.165, 1.54) is 0 Å². The molecule has 0 bridgehead atoms. The first kappa shape index (κ1) is 43.5.